The Labute approximate surface area is 128 Å². The van der Waals surface area contributed by atoms with Gasteiger partial charge in [-0.3, -0.25) is 9.59 Å². The van der Waals surface area contributed by atoms with Crippen LogP contribution >= 0.6 is 11.8 Å². The van der Waals surface area contributed by atoms with Crippen LogP contribution in [0.4, 0.5) is 5.69 Å². The van der Waals surface area contributed by atoms with Crippen LogP contribution in [0.15, 0.2) is 23.1 Å². The second kappa shape index (κ2) is 6.07. The molecule has 1 aromatic rings. The molecule has 0 spiro atoms. The number of hydrogen-bond acceptors (Lipinski definition) is 4. The third kappa shape index (κ3) is 3.22. The van der Waals surface area contributed by atoms with Crippen molar-refractivity contribution in [1.82, 2.24) is 10.6 Å². The van der Waals surface area contributed by atoms with Crippen LogP contribution in [0.5, 0.6) is 0 Å². The SMILES string of the molecule is CC1Sc2ccc(C(=O)NC3CCCNC3)cc2NC1=O. The highest BCUT2D eigenvalue weighted by molar-refractivity contribution is 8.00. The number of thioether (sulfide) groups is 1. The lowest BCUT2D eigenvalue weighted by molar-refractivity contribution is -0.115. The monoisotopic (exact) mass is 305 g/mol. The lowest BCUT2D eigenvalue weighted by Crippen LogP contribution is -2.45. The molecule has 2 unspecified atom stereocenters. The molecule has 1 aromatic carbocycles. The Morgan fingerprint density at radius 1 is 1.43 bits per heavy atom. The van der Waals surface area contributed by atoms with Crippen molar-refractivity contribution in [3.8, 4) is 0 Å². The molecule has 2 aliphatic rings. The van der Waals surface area contributed by atoms with E-state index in [-0.39, 0.29) is 23.1 Å². The predicted molar refractivity (Wildman–Crippen MR) is 83.7 cm³/mol. The van der Waals surface area contributed by atoms with Crippen LogP contribution in [0.1, 0.15) is 30.1 Å². The Kier molecular flexibility index (Phi) is 4.17. The summed E-state index contributed by atoms with van der Waals surface area (Å²) in [4.78, 5) is 25.0. The average molecular weight is 305 g/mol. The lowest BCUT2D eigenvalue weighted by Gasteiger charge is -2.25. The van der Waals surface area contributed by atoms with Crippen LogP contribution in [-0.2, 0) is 4.79 Å². The molecule has 0 aliphatic carbocycles. The average Bonchev–Trinajstić information content (AvgIpc) is 2.49. The fraction of sp³-hybridized carbons (Fsp3) is 0.467. The van der Waals surface area contributed by atoms with Crippen LogP contribution in [0.25, 0.3) is 0 Å². The molecule has 2 atom stereocenters. The predicted octanol–water partition coefficient (Wildman–Crippen LogP) is 1.60. The molecule has 6 heteroatoms. The van der Waals surface area contributed by atoms with E-state index in [1.165, 1.54) is 11.8 Å². The summed E-state index contributed by atoms with van der Waals surface area (Å²) in [6.45, 7) is 3.72. The van der Waals surface area contributed by atoms with Gasteiger partial charge in [0.15, 0.2) is 0 Å². The van der Waals surface area contributed by atoms with Gasteiger partial charge in [-0.1, -0.05) is 0 Å². The number of carbonyl (C=O) groups excluding carboxylic acids is 2. The maximum Gasteiger partial charge on any atom is 0.251 e. The Morgan fingerprint density at radius 2 is 2.29 bits per heavy atom. The molecule has 112 valence electrons. The van der Waals surface area contributed by atoms with E-state index in [4.69, 9.17) is 0 Å². The number of anilines is 1. The number of amides is 2. The van der Waals surface area contributed by atoms with Gasteiger partial charge in [0.2, 0.25) is 5.91 Å². The summed E-state index contributed by atoms with van der Waals surface area (Å²) in [5.41, 5.74) is 1.33. The lowest BCUT2D eigenvalue weighted by atomic mass is 10.1. The van der Waals surface area contributed by atoms with E-state index >= 15 is 0 Å². The van der Waals surface area contributed by atoms with Crippen LogP contribution in [-0.4, -0.2) is 36.2 Å². The van der Waals surface area contributed by atoms with Crippen molar-refractivity contribution in [2.75, 3.05) is 18.4 Å². The summed E-state index contributed by atoms with van der Waals surface area (Å²) in [7, 11) is 0. The van der Waals surface area contributed by atoms with E-state index in [0.717, 1.165) is 36.5 Å². The van der Waals surface area contributed by atoms with Crippen LogP contribution in [0, 0.1) is 0 Å². The summed E-state index contributed by atoms with van der Waals surface area (Å²) in [5.74, 6) is -0.0918. The summed E-state index contributed by atoms with van der Waals surface area (Å²) in [6, 6.07) is 5.68. The van der Waals surface area contributed by atoms with E-state index in [9.17, 15) is 9.59 Å². The third-order valence-electron chi connectivity index (χ3n) is 3.80. The van der Waals surface area contributed by atoms with Gasteiger partial charge in [-0.25, -0.2) is 0 Å². The zero-order valence-corrected chi connectivity index (χ0v) is 12.8. The highest BCUT2D eigenvalue weighted by atomic mass is 32.2. The van der Waals surface area contributed by atoms with Crippen molar-refractivity contribution in [3.05, 3.63) is 23.8 Å². The Morgan fingerprint density at radius 3 is 3.05 bits per heavy atom. The molecule has 0 radical (unpaired) electrons. The standard InChI is InChI=1S/C15H19N3O2S/c1-9-14(19)18-12-7-10(4-5-13(12)21-9)15(20)17-11-3-2-6-16-8-11/h4-5,7,9,11,16H,2-3,6,8H2,1H3,(H,17,20)(H,18,19). The van der Waals surface area contributed by atoms with Crippen molar-refractivity contribution in [1.29, 1.82) is 0 Å². The van der Waals surface area contributed by atoms with Gasteiger partial charge < -0.3 is 16.0 Å². The smallest absolute Gasteiger partial charge is 0.251 e. The van der Waals surface area contributed by atoms with Gasteiger partial charge in [-0.05, 0) is 44.5 Å². The second-order valence-corrected chi connectivity index (χ2v) is 6.86. The zero-order valence-electron chi connectivity index (χ0n) is 11.9. The van der Waals surface area contributed by atoms with Gasteiger partial charge in [0.05, 0.1) is 10.9 Å². The van der Waals surface area contributed by atoms with Crippen molar-refractivity contribution < 1.29 is 9.59 Å². The van der Waals surface area contributed by atoms with Gasteiger partial charge >= 0.3 is 0 Å². The Bertz CT molecular complexity index is 570. The van der Waals surface area contributed by atoms with Gasteiger partial charge in [0, 0.05) is 23.0 Å². The number of nitrogens with one attached hydrogen (secondary N) is 3. The van der Waals surface area contributed by atoms with Crippen LogP contribution in [0.2, 0.25) is 0 Å². The number of benzene rings is 1. The largest absolute Gasteiger partial charge is 0.348 e. The maximum absolute atomic E-state index is 12.3. The van der Waals surface area contributed by atoms with E-state index in [2.05, 4.69) is 16.0 Å². The van der Waals surface area contributed by atoms with Crippen LogP contribution in [0.3, 0.4) is 0 Å². The van der Waals surface area contributed by atoms with Gasteiger partial charge in [0.25, 0.3) is 5.91 Å². The molecule has 2 amide bonds. The highest BCUT2D eigenvalue weighted by Gasteiger charge is 2.24. The Hall–Kier alpha value is -1.53. The molecule has 0 saturated carbocycles. The fourth-order valence-corrected chi connectivity index (χ4v) is 3.52. The topological polar surface area (TPSA) is 70.2 Å². The Balaban J connectivity index is 1.72. The van der Waals surface area contributed by atoms with Gasteiger partial charge in [0.1, 0.15) is 0 Å². The first-order valence-corrected chi connectivity index (χ1v) is 8.14. The van der Waals surface area contributed by atoms with E-state index < -0.39 is 0 Å². The zero-order chi connectivity index (χ0) is 14.8. The molecule has 1 fully saturated rings. The molecule has 0 bridgehead atoms. The number of hydrogen-bond donors (Lipinski definition) is 3. The summed E-state index contributed by atoms with van der Waals surface area (Å²) < 4.78 is 0. The summed E-state index contributed by atoms with van der Waals surface area (Å²) in [6.07, 6.45) is 2.09. The van der Waals surface area contributed by atoms with Crippen molar-refractivity contribution in [2.24, 2.45) is 0 Å². The van der Waals surface area contributed by atoms with E-state index in [1.807, 2.05) is 19.1 Å². The van der Waals surface area contributed by atoms with E-state index in [1.54, 1.807) is 6.07 Å². The van der Waals surface area contributed by atoms with Crippen LogP contribution < -0.4 is 16.0 Å². The maximum atomic E-state index is 12.3. The summed E-state index contributed by atoms with van der Waals surface area (Å²) in [5, 5.41) is 9.08. The number of piperidine rings is 1. The second-order valence-electron chi connectivity index (χ2n) is 5.48. The molecule has 2 aliphatic heterocycles. The molecular formula is C15H19N3O2S. The molecule has 3 rings (SSSR count). The number of rotatable bonds is 2. The minimum absolute atomic E-state index is 0.0125. The normalized spacial score (nSPS) is 24.9. The van der Waals surface area contributed by atoms with Crippen molar-refractivity contribution in [2.45, 2.75) is 36.0 Å². The van der Waals surface area contributed by atoms with Gasteiger partial charge in [-0.15, -0.1) is 11.8 Å². The molecular weight excluding hydrogens is 286 g/mol. The number of fused-ring (bicyclic) bond motifs is 1. The third-order valence-corrected chi connectivity index (χ3v) is 4.98. The molecule has 2 heterocycles. The molecule has 0 aromatic heterocycles. The molecule has 21 heavy (non-hydrogen) atoms. The minimum Gasteiger partial charge on any atom is -0.348 e. The summed E-state index contributed by atoms with van der Waals surface area (Å²) >= 11 is 1.52. The van der Waals surface area contributed by atoms with E-state index in [0.29, 0.717) is 5.56 Å². The molecule has 3 N–H and O–H groups in total. The van der Waals surface area contributed by atoms with Crippen molar-refractivity contribution in [3.63, 3.8) is 0 Å². The first-order chi connectivity index (χ1) is 10.1. The fourth-order valence-electron chi connectivity index (χ4n) is 2.59. The first-order valence-electron chi connectivity index (χ1n) is 7.26. The van der Waals surface area contributed by atoms with Crippen molar-refractivity contribution >= 4 is 29.3 Å². The quantitative estimate of drug-likeness (QED) is 0.776. The molecule has 1 saturated heterocycles. The number of carbonyl (C=O) groups is 2. The highest BCUT2D eigenvalue weighted by Crippen LogP contribution is 2.35. The molecule has 5 nitrogen and oxygen atoms in total. The first kappa shape index (κ1) is 14.4. The minimum atomic E-state index is -0.0921. The van der Waals surface area contributed by atoms with Gasteiger partial charge in [-0.2, -0.15) is 0 Å².